The van der Waals surface area contributed by atoms with E-state index >= 15 is 0 Å². The van der Waals surface area contributed by atoms with Crippen molar-refractivity contribution in [2.24, 2.45) is 0 Å². The first-order chi connectivity index (χ1) is 11.1. The van der Waals surface area contributed by atoms with Gasteiger partial charge < -0.3 is 15.2 Å². The van der Waals surface area contributed by atoms with Crippen LogP contribution in [0.5, 0.6) is 0 Å². The van der Waals surface area contributed by atoms with Crippen molar-refractivity contribution in [3.05, 3.63) is 59.0 Å². The summed E-state index contributed by atoms with van der Waals surface area (Å²) in [6.45, 7) is 1.21. The van der Waals surface area contributed by atoms with Gasteiger partial charge in [0.2, 0.25) is 5.91 Å². The van der Waals surface area contributed by atoms with E-state index in [9.17, 15) is 14.4 Å². The number of hydrogen-bond donors (Lipinski definition) is 2. The van der Waals surface area contributed by atoms with Crippen LogP contribution in [-0.4, -0.2) is 29.6 Å². The van der Waals surface area contributed by atoms with E-state index in [1.165, 1.54) is 10.6 Å². The lowest BCUT2D eigenvalue weighted by Gasteiger charge is -2.14. The van der Waals surface area contributed by atoms with Crippen molar-refractivity contribution in [3.8, 4) is 0 Å². The zero-order chi connectivity index (χ0) is 16.2. The van der Waals surface area contributed by atoms with Gasteiger partial charge in [0.05, 0.1) is 0 Å². The molecule has 2 heterocycles. The Morgan fingerprint density at radius 2 is 1.91 bits per heavy atom. The number of amides is 3. The van der Waals surface area contributed by atoms with Crippen molar-refractivity contribution in [1.29, 1.82) is 0 Å². The Balaban J connectivity index is 1.64. The Bertz CT molecular complexity index is 782. The Kier molecular flexibility index (Phi) is 4.09. The number of carbonyl (C=O) groups is 2. The second-order valence-electron chi connectivity index (χ2n) is 5.15. The highest BCUT2D eigenvalue weighted by atomic mass is 16.2. The van der Waals surface area contributed by atoms with E-state index in [0.29, 0.717) is 18.8 Å². The van der Waals surface area contributed by atoms with Crippen LogP contribution >= 0.6 is 0 Å². The molecule has 3 amide bonds. The summed E-state index contributed by atoms with van der Waals surface area (Å²) in [5.74, 6) is -0.287. The maximum atomic E-state index is 12.0. The summed E-state index contributed by atoms with van der Waals surface area (Å²) in [7, 11) is 0. The van der Waals surface area contributed by atoms with Gasteiger partial charge in [-0.3, -0.25) is 14.5 Å². The molecule has 1 aliphatic rings. The molecule has 2 N–H and O–H groups in total. The number of hydrogen-bond acceptors (Lipinski definition) is 3. The van der Waals surface area contributed by atoms with Crippen LogP contribution in [0.25, 0.3) is 0 Å². The van der Waals surface area contributed by atoms with E-state index in [-0.39, 0.29) is 24.0 Å². The van der Waals surface area contributed by atoms with Crippen LogP contribution in [0.3, 0.4) is 0 Å². The monoisotopic (exact) mass is 312 g/mol. The fourth-order valence-electron chi connectivity index (χ4n) is 2.39. The molecule has 0 radical (unpaired) electrons. The molecule has 1 aromatic heterocycles. The van der Waals surface area contributed by atoms with Gasteiger partial charge in [-0.25, -0.2) is 4.79 Å². The highest BCUT2D eigenvalue weighted by Gasteiger charge is 2.20. The number of aromatic nitrogens is 1. The van der Waals surface area contributed by atoms with Gasteiger partial charge in [0, 0.05) is 36.7 Å². The molecule has 23 heavy (non-hydrogen) atoms. The average Bonchev–Trinajstić information content (AvgIpc) is 2.96. The first-order valence-electron chi connectivity index (χ1n) is 7.24. The number of anilines is 2. The van der Waals surface area contributed by atoms with E-state index < -0.39 is 0 Å². The molecular formula is C16H16N4O3. The van der Waals surface area contributed by atoms with Crippen LogP contribution in [-0.2, 0) is 11.3 Å². The van der Waals surface area contributed by atoms with Gasteiger partial charge in [-0.2, -0.15) is 0 Å². The third kappa shape index (κ3) is 3.39. The molecule has 3 rings (SSSR count). The van der Waals surface area contributed by atoms with Gasteiger partial charge in [-0.15, -0.1) is 0 Å². The fourth-order valence-corrected chi connectivity index (χ4v) is 2.39. The van der Waals surface area contributed by atoms with Gasteiger partial charge >= 0.3 is 6.03 Å². The Hall–Kier alpha value is -3.09. The molecule has 0 spiro atoms. The van der Waals surface area contributed by atoms with E-state index in [0.717, 1.165) is 5.69 Å². The summed E-state index contributed by atoms with van der Waals surface area (Å²) in [5.41, 5.74) is 1.16. The lowest BCUT2D eigenvalue weighted by atomic mass is 10.2. The molecule has 118 valence electrons. The van der Waals surface area contributed by atoms with Gasteiger partial charge in [0.25, 0.3) is 5.56 Å². The van der Waals surface area contributed by atoms with Gasteiger partial charge in [0.15, 0.2) is 0 Å². The normalized spacial score (nSPS) is 13.7. The highest BCUT2D eigenvalue weighted by Crippen LogP contribution is 2.19. The minimum atomic E-state index is -0.287. The van der Waals surface area contributed by atoms with Crippen molar-refractivity contribution in [3.63, 3.8) is 0 Å². The van der Waals surface area contributed by atoms with Crippen LogP contribution in [0, 0.1) is 0 Å². The number of nitrogens with zero attached hydrogens (tertiary/aromatic N) is 2. The molecule has 0 atom stereocenters. The van der Waals surface area contributed by atoms with E-state index in [2.05, 4.69) is 10.6 Å². The summed E-state index contributed by atoms with van der Waals surface area (Å²) in [6.07, 6.45) is 1.57. The molecule has 0 bridgehead atoms. The van der Waals surface area contributed by atoms with Crippen molar-refractivity contribution < 1.29 is 9.59 Å². The second-order valence-corrected chi connectivity index (χ2v) is 5.15. The maximum absolute atomic E-state index is 12.0. The SMILES string of the molecule is O=C(Cn1ccccc1=O)Nc1ccc(N2CCNC2=O)cc1. The van der Waals surface area contributed by atoms with Crippen LogP contribution in [0.1, 0.15) is 0 Å². The lowest BCUT2D eigenvalue weighted by molar-refractivity contribution is -0.116. The van der Waals surface area contributed by atoms with Crippen molar-refractivity contribution >= 4 is 23.3 Å². The number of pyridine rings is 1. The number of nitrogens with one attached hydrogen (secondary N) is 2. The molecule has 2 aromatic rings. The summed E-state index contributed by atoms with van der Waals surface area (Å²) in [4.78, 5) is 36.8. The summed E-state index contributed by atoms with van der Waals surface area (Å²) in [5, 5.41) is 5.46. The zero-order valence-corrected chi connectivity index (χ0v) is 12.4. The third-order valence-corrected chi connectivity index (χ3v) is 3.53. The molecule has 1 aliphatic heterocycles. The topological polar surface area (TPSA) is 83.4 Å². The lowest BCUT2D eigenvalue weighted by Crippen LogP contribution is -2.27. The first-order valence-corrected chi connectivity index (χ1v) is 7.24. The van der Waals surface area contributed by atoms with Gasteiger partial charge in [-0.1, -0.05) is 6.07 Å². The standard InChI is InChI=1S/C16H16N4O3/c21-14(11-19-9-2-1-3-15(19)22)18-12-4-6-13(7-5-12)20-10-8-17-16(20)23/h1-7,9H,8,10-11H2,(H,17,23)(H,18,21). The number of benzene rings is 1. The predicted octanol–water partition coefficient (Wildman–Crippen LogP) is 1.02. The second kappa shape index (κ2) is 6.35. The molecule has 1 aromatic carbocycles. The molecule has 7 heteroatoms. The minimum Gasteiger partial charge on any atom is -0.336 e. The van der Waals surface area contributed by atoms with Crippen LogP contribution in [0.4, 0.5) is 16.2 Å². The molecule has 1 saturated heterocycles. The van der Waals surface area contributed by atoms with E-state index in [4.69, 9.17) is 0 Å². The van der Waals surface area contributed by atoms with Crippen LogP contribution in [0.2, 0.25) is 0 Å². The molecule has 7 nitrogen and oxygen atoms in total. The largest absolute Gasteiger partial charge is 0.336 e. The van der Waals surface area contributed by atoms with Crippen molar-refractivity contribution in [2.75, 3.05) is 23.3 Å². The quantitative estimate of drug-likeness (QED) is 0.884. The van der Waals surface area contributed by atoms with Crippen molar-refractivity contribution in [1.82, 2.24) is 9.88 Å². The summed E-state index contributed by atoms with van der Waals surface area (Å²) >= 11 is 0. The Morgan fingerprint density at radius 3 is 2.57 bits per heavy atom. The van der Waals surface area contributed by atoms with E-state index in [1.54, 1.807) is 47.5 Å². The number of carbonyl (C=O) groups excluding carboxylic acids is 2. The van der Waals surface area contributed by atoms with E-state index in [1.807, 2.05) is 0 Å². The van der Waals surface area contributed by atoms with Gasteiger partial charge in [0.1, 0.15) is 6.54 Å². The average molecular weight is 312 g/mol. The third-order valence-electron chi connectivity index (χ3n) is 3.53. The maximum Gasteiger partial charge on any atom is 0.321 e. The Labute approximate surface area is 132 Å². The first kappa shape index (κ1) is 14.8. The molecule has 0 saturated carbocycles. The zero-order valence-electron chi connectivity index (χ0n) is 12.4. The highest BCUT2D eigenvalue weighted by molar-refractivity contribution is 5.95. The molecule has 0 aliphatic carbocycles. The minimum absolute atomic E-state index is 0.0457. The smallest absolute Gasteiger partial charge is 0.321 e. The fraction of sp³-hybridized carbons (Fsp3) is 0.188. The summed E-state index contributed by atoms with van der Waals surface area (Å²) < 4.78 is 1.33. The predicted molar refractivity (Wildman–Crippen MR) is 86.5 cm³/mol. The van der Waals surface area contributed by atoms with Crippen LogP contribution < -0.4 is 21.1 Å². The van der Waals surface area contributed by atoms with Crippen LogP contribution in [0.15, 0.2) is 53.5 Å². The van der Waals surface area contributed by atoms with Gasteiger partial charge in [-0.05, 0) is 30.3 Å². The number of rotatable bonds is 4. The molecular weight excluding hydrogens is 296 g/mol. The summed E-state index contributed by atoms with van der Waals surface area (Å²) in [6, 6.07) is 11.6. The Morgan fingerprint density at radius 1 is 1.13 bits per heavy atom. The number of urea groups is 1. The van der Waals surface area contributed by atoms with Crippen molar-refractivity contribution in [2.45, 2.75) is 6.54 Å². The molecule has 1 fully saturated rings. The molecule has 0 unspecified atom stereocenters.